The molecule has 0 aliphatic rings. The summed E-state index contributed by atoms with van der Waals surface area (Å²) in [6, 6.07) is 9.87. The number of hydrogen-bond acceptors (Lipinski definition) is 5. The molecule has 8 heteroatoms. The van der Waals surface area contributed by atoms with E-state index < -0.39 is 0 Å². The van der Waals surface area contributed by atoms with Crippen LogP contribution in [0.4, 0.5) is 0 Å². The van der Waals surface area contributed by atoms with E-state index in [0.717, 1.165) is 21.8 Å². The SMILES string of the molecule is CN(Cc1cnn(-c2ccccc2)c1)C(=O)c1csc(-c2cnn(C)c2)n1. The van der Waals surface area contributed by atoms with Gasteiger partial charge in [0.2, 0.25) is 0 Å². The predicted octanol–water partition coefficient (Wildman–Crippen LogP) is 3.00. The van der Waals surface area contributed by atoms with Gasteiger partial charge in [0.05, 0.1) is 18.1 Å². The number of hydrogen-bond donors (Lipinski definition) is 0. The van der Waals surface area contributed by atoms with Gasteiger partial charge in [0.15, 0.2) is 0 Å². The largest absolute Gasteiger partial charge is 0.336 e. The Labute approximate surface area is 160 Å². The summed E-state index contributed by atoms with van der Waals surface area (Å²) >= 11 is 1.44. The average Bonchev–Trinajstić information content (AvgIpc) is 3.42. The third-order valence-electron chi connectivity index (χ3n) is 4.10. The summed E-state index contributed by atoms with van der Waals surface area (Å²) in [5, 5.41) is 11.1. The van der Waals surface area contributed by atoms with E-state index in [1.165, 1.54) is 11.3 Å². The van der Waals surface area contributed by atoms with Gasteiger partial charge in [0.1, 0.15) is 10.7 Å². The molecule has 3 heterocycles. The van der Waals surface area contributed by atoms with Crippen LogP contribution in [0.25, 0.3) is 16.3 Å². The van der Waals surface area contributed by atoms with Crippen LogP contribution in [0.2, 0.25) is 0 Å². The fourth-order valence-electron chi connectivity index (χ4n) is 2.74. The van der Waals surface area contributed by atoms with Crippen LogP contribution in [0, 0.1) is 0 Å². The van der Waals surface area contributed by atoms with Crippen molar-refractivity contribution in [2.75, 3.05) is 7.05 Å². The molecular weight excluding hydrogens is 360 g/mol. The Kier molecular flexibility index (Phi) is 4.55. The minimum atomic E-state index is -0.117. The number of nitrogens with zero attached hydrogens (tertiary/aromatic N) is 6. The van der Waals surface area contributed by atoms with Gasteiger partial charge in [0.25, 0.3) is 5.91 Å². The first kappa shape index (κ1) is 17.2. The number of aromatic nitrogens is 5. The molecule has 0 saturated heterocycles. The maximum atomic E-state index is 12.7. The lowest BCUT2D eigenvalue weighted by Crippen LogP contribution is -2.26. The summed E-state index contributed by atoms with van der Waals surface area (Å²) < 4.78 is 3.52. The quantitative estimate of drug-likeness (QED) is 0.535. The van der Waals surface area contributed by atoms with Crippen molar-refractivity contribution in [2.45, 2.75) is 6.54 Å². The highest BCUT2D eigenvalue weighted by Gasteiger charge is 2.17. The zero-order valence-electron chi connectivity index (χ0n) is 15.0. The van der Waals surface area contributed by atoms with Gasteiger partial charge in [-0.15, -0.1) is 11.3 Å². The highest BCUT2D eigenvalue weighted by molar-refractivity contribution is 7.13. The van der Waals surface area contributed by atoms with Crippen molar-refractivity contribution in [1.29, 1.82) is 0 Å². The van der Waals surface area contributed by atoms with Crippen LogP contribution in [0.3, 0.4) is 0 Å². The molecule has 0 bridgehead atoms. The number of aryl methyl sites for hydroxylation is 1. The third-order valence-corrected chi connectivity index (χ3v) is 4.99. The number of benzene rings is 1. The van der Waals surface area contributed by atoms with E-state index >= 15 is 0 Å². The molecule has 27 heavy (non-hydrogen) atoms. The van der Waals surface area contributed by atoms with Crippen LogP contribution in [-0.4, -0.2) is 42.4 Å². The monoisotopic (exact) mass is 378 g/mol. The van der Waals surface area contributed by atoms with Crippen molar-refractivity contribution in [3.8, 4) is 16.3 Å². The predicted molar refractivity (Wildman–Crippen MR) is 104 cm³/mol. The second-order valence-electron chi connectivity index (χ2n) is 6.23. The Morgan fingerprint density at radius 1 is 1.15 bits per heavy atom. The van der Waals surface area contributed by atoms with Crippen LogP contribution in [0.1, 0.15) is 16.1 Å². The number of carbonyl (C=O) groups excluding carboxylic acids is 1. The topological polar surface area (TPSA) is 68.8 Å². The molecule has 0 radical (unpaired) electrons. The van der Waals surface area contributed by atoms with Gasteiger partial charge in [-0.25, -0.2) is 9.67 Å². The van der Waals surface area contributed by atoms with E-state index in [1.807, 2.05) is 49.8 Å². The molecule has 0 saturated carbocycles. The number of amides is 1. The summed E-state index contributed by atoms with van der Waals surface area (Å²) in [6.07, 6.45) is 7.34. The minimum absolute atomic E-state index is 0.117. The van der Waals surface area contributed by atoms with Crippen molar-refractivity contribution in [2.24, 2.45) is 7.05 Å². The molecule has 0 unspecified atom stereocenters. The van der Waals surface area contributed by atoms with Gasteiger partial charge in [-0.05, 0) is 12.1 Å². The van der Waals surface area contributed by atoms with Crippen molar-refractivity contribution in [3.05, 3.63) is 71.8 Å². The Balaban J connectivity index is 1.46. The van der Waals surface area contributed by atoms with E-state index in [2.05, 4.69) is 15.2 Å². The van der Waals surface area contributed by atoms with E-state index in [0.29, 0.717) is 12.2 Å². The molecule has 0 aliphatic carbocycles. The van der Waals surface area contributed by atoms with Gasteiger partial charge < -0.3 is 4.90 Å². The van der Waals surface area contributed by atoms with E-state index in [4.69, 9.17) is 0 Å². The summed E-state index contributed by atoms with van der Waals surface area (Å²) in [7, 11) is 3.62. The molecule has 1 aromatic carbocycles. The lowest BCUT2D eigenvalue weighted by molar-refractivity contribution is 0.0780. The summed E-state index contributed by atoms with van der Waals surface area (Å²) in [4.78, 5) is 18.8. The van der Waals surface area contributed by atoms with Crippen LogP contribution in [0.15, 0.2) is 60.5 Å². The molecule has 1 amide bonds. The zero-order chi connectivity index (χ0) is 18.8. The number of rotatable bonds is 5. The van der Waals surface area contributed by atoms with E-state index in [-0.39, 0.29) is 5.91 Å². The number of thiazole rings is 1. The standard InChI is InChI=1S/C19H18N6OS/c1-23(10-14-8-21-25(11-14)16-6-4-3-5-7-16)19(26)17-13-27-18(22-17)15-9-20-24(2)12-15/h3-9,11-13H,10H2,1-2H3. The molecule has 0 aliphatic heterocycles. The first-order valence-corrected chi connectivity index (χ1v) is 9.27. The Bertz CT molecular complexity index is 1060. The van der Waals surface area contributed by atoms with Crippen molar-refractivity contribution in [1.82, 2.24) is 29.4 Å². The third kappa shape index (κ3) is 3.65. The molecule has 0 spiro atoms. The summed E-state index contributed by atoms with van der Waals surface area (Å²) in [5.74, 6) is -0.117. The van der Waals surface area contributed by atoms with Crippen molar-refractivity contribution < 1.29 is 4.79 Å². The van der Waals surface area contributed by atoms with Gasteiger partial charge >= 0.3 is 0 Å². The molecule has 7 nitrogen and oxygen atoms in total. The van der Waals surface area contributed by atoms with Crippen molar-refractivity contribution >= 4 is 17.2 Å². The first-order valence-electron chi connectivity index (χ1n) is 8.39. The summed E-state index contributed by atoms with van der Waals surface area (Å²) in [6.45, 7) is 0.464. The smallest absolute Gasteiger partial charge is 0.273 e. The maximum Gasteiger partial charge on any atom is 0.273 e. The molecule has 0 atom stereocenters. The van der Waals surface area contributed by atoms with Gasteiger partial charge in [-0.3, -0.25) is 9.48 Å². The molecule has 0 N–H and O–H groups in total. The van der Waals surface area contributed by atoms with Gasteiger partial charge in [-0.2, -0.15) is 10.2 Å². The molecule has 136 valence electrons. The van der Waals surface area contributed by atoms with Crippen LogP contribution in [0.5, 0.6) is 0 Å². The second kappa shape index (κ2) is 7.16. The van der Waals surface area contributed by atoms with Crippen LogP contribution >= 0.6 is 11.3 Å². The zero-order valence-corrected chi connectivity index (χ0v) is 15.8. The number of carbonyl (C=O) groups is 1. The summed E-state index contributed by atoms with van der Waals surface area (Å²) in [5.41, 5.74) is 3.29. The molecule has 4 rings (SSSR count). The lowest BCUT2D eigenvalue weighted by Gasteiger charge is -2.14. The normalized spacial score (nSPS) is 10.9. The first-order chi connectivity index (χ1) is 13.1. The second-order valence-corrected chi connectivity index (χ2v) is 7.09. The Hall–Kier alpha value is -3.26. The Morgan fingerprint density at radius 3 is 2.70 bits per heavy atom. The number of para-hydroxylation sites is 1. The van der Waals surface area contributed by atoms with Gasteiger partial charge in [-0.1, -0.05) is 18.2 Å². The lowest BCUT2D eigenvalue weighted by atomic mass is 10.3. The highest BCUT2D eigenvalue weighted by atomic mass is 32.1. The minimum Gasteiger partial charge on any atom is -0.336 e. The highest BCUT2D eigenvalue weighted by Crippen LogP contribution is 2.23. The van der Waals surface area contributed by atoms with Crippen molar-refractivity contribution in [3.63, 3.8) is 0 Å². The van der Waals surface area contributed by atoms with Crippen LogP contribution < -0.4 is 0 Å². The maximum absolute atomic E-state index is 12.7. The molecule has 3 aromatic heterocycles. The fraction of sp³-hybridized carbons (Fsp3) is 0.158. The molecule has 4 aromatic rings. The molecule has 0 fully saturated rings. The average molecular weight is 378 g/mol. The fourth-order valence-corrected chi connectivity index (χ4v) is 3.51. The van der Waals surface area contributed by atoms with Gasteiger partial charge in [0, 0.05) is 49.5 Å². The van der Waals surface area contributed by atoms with Crippen LogP contribution in [-0.2, 0) is 13.6 Å². The molecular formula is C19H18N6OS. The Morgan fingerprint density at radius 2 is 1.96 bits per heavy atom. The van der Waals surface area contributed by atoms with E-state index in [1.54, 1.807) is 39.1 Å². The van der Waals surface area contributed by atoms with E-state index in [9.17, 15) is 4.79 Å².